The first-order valence-electron chi connectivity index (χ1n) is 5.30. The lowest BCUT2D eigenvalue weighted by Gasteiger charge is -2.15. The van der Waals surface area contributed by atoms with Gasteiger partial charge in [-0.15, -0.1) is 0 Å². The van der Waals surface area contributed by atoms with Crippen LogP contribution in [0.1, 0.15) is 19.4 Å². The van der Waals surface area contributed by atoms with Crippen molar-refractivity contribution in [2.45, 2.75) is 19.6 Å². The fraction of sp³-hybridized carbons (Fsp3) is 0.385. The van der Waals surface area contributed by atoms with E-state index >= 15 is 0 Å². The maximum atomic E-state index is 5.63. The van der Waals surface area contributed by atoms with Crippen LogP contribution in [0.15, 0.2) is 30.8 Å². The zero-order chi connectivity index (χ0) is 12.0. The molecular weight excluding hydrogens is 222 g/mol. The molecule has 1 N–H and O–H groups in total. The summed E-state index contributed by atoms with van der Waals surface area (Å²) in [6, 6.07) is 7.54. The summed E-state index contributed by atoms with van der Waals surface area (Å²) in [4.78, 5) is 0. The van der Waals surface area contributed by atoms with Crippen LogP contribution in [0, 0.1) is 0 Å². The van der Waals surface area contributed by atoms with Gasteiger partial charge in [-0.2, -0.15) is 0 Å². The summed E-state index contributed by atoms with van der Waals surface area (Å²) in [6.45, 7) is 9.52. The highest BCUT2D eigenvalue weighted by atomic mass is 35.5. The Hall–Kier alpha value is -0.830. The van der Waals surface area contributed by atoms with Gasteiger partial charge in [0.05, 0.1) is 6.61 Å². The molecule has 1 aliphatic heterocycles. The summed E-state index contributed by atoms with van der Waals surface area (Å²) < 4.78 is 5.23. The molecule has 0 atom stereocenters. The zero-order valence-electron chi connectivity index (χ0n) is 9.79. The second-order valence-electron chi connectivity index (χ2n) is 4.04. The third-order valence-electron chi connectivity index (χ3n) is 2.22. The van der Waals surface area contributed by atoms with Crippen LogP contribution >= 0.6 is 11.6 Å². The molecule has 2 rings (SSSR count). The van der Waals surface area contributed by atoms with E-state index in [4.69, 9.17) is 16.3 Å². The van der Waals surface area contributed by atoms with Gasteiger partial charge in [-0.3, -0.25) is 5.32 Å². The highest BCUT2D eigenvalue weighted by Gasteiger charge is 2.21. The van der Waals surface area contributed by atoms with E-state index in [2.05, 4.69) is 11.9 Å². The van der Waals surface area contributed by atoms with Gasteiger partial charge in [0, 0.05) is 11.6 Å². The molecule has 1 fully saturated rings. The largest absolute Gasteiger partial charge is 0.360 e. The quantitative estimate of drug-likeness (QED) is 0.812. The smallest absolute Gasteiger partial charge is 0.113 e. The summed E-state index contributed by atoms with van der Waals surface area (Å²) in [5.74, 6) is 0. The topological polar surface area (TPSA) is 21.3 Å². The first-order chi connectivity index (χ1) is 7.53. The Labute approximate surface area is 102 Å². The monoisotopic (exact) mass is 239 g/mol. The molecule has 0 bridgehead atoms. The number of ether oxygens (including phenoxy) is 1. The molecule has 3 heteroatoms. The zero-order valence-corrected chi connectivity index (χ0v) is 10.6. The third kappa shape index (κ3) is 4.79. The van der Waals surface area contributed by atoms with E-state index in [9.17, 15) is 0 Å². The fourth-order valence-electron chi connectivity index (χ4n) is 1.31. The SMILES string of the molecule is C=Cc1ccc(Cl)cc1.CC1(C)NCCO1. The predicted octanol–water partition coefficient (Wildman–Crippen LogP) is 3.33. The molecule has 1 saturated heterocycles. The van der Waals surface area contributed by atoms with Crippen molar-refractivity contribution in [3.63, 3.8) is 0 Å². The lowest BCUT2D eigenvalue weighted by molar-refractivity contribution is 0.0233. The highest BCUT2D eigenvalue weighted by molar-refractivity contribution is 6.30. The molecule has 0 unspecified atom stereocenters. The fourth-order valence-corrected chi connectivity index (χ4v) is 1.43. The van der Waals surface area contributed by atoms with Gasteiger partial charge in [0.15, 0.2) is 0 Å². The molecule has 0 amide bonds. The van der Waals surface area contributed by atoms with E-state index < -0.39 is 0 Å². The van der Waals surface area contributed by atoms with Crippen LogP contribution in [-0.2, 0) is 4.74 Å². The lowest BCUT2D eigenvalue weighted by Crippen LogP contribution is -2.33. The van der Waals surface area contributed by atoms with E-state index in [1.165, 1.54) is 0 Å². The molecule has 16 heavy (non-hydrogen) atoms. The number of halogens is 1. The normalized spacial score (nSPS) is 17.4. The van der Waals surface area contributed by atoms with Gasteiger partial charge in [-0.1, -0.05) is 36.4 Å². The maximum absolute atomic E-state index is 5.63. The van der Waals surface area contributed by atoms with Gasteiger partial charge in [0.1, 0.15) is 5.72 Å². The minimum absolute atomic E-state index is 0.0556. The molecule has 2 nitrogen and oxygen atoms in total. The average molecular weight is 240 g/mol. The van der Waals surface area contributed by atoms with Crippen molar-refractivity contribution in [2.75, 3.05) is 13.2 Å². The van der Waals surface area contributed by atoms with Gasteiger partial charge >= 0.3 is 0 Å². The van der Waals surface area contributed by atoms with Crippen molar-refractivity contribution in [2.24, 2.45) is 0 Å². The van der Waals surface area contributed by atoms with Crippen LogP contribution in [0.5, 0.6) is 0 Å². The van der Waals surface area contributed by atoms with E-state index in [0.29, 0.717) is 0 Å². The van der Waals surface area contributed by atoms with E-state index in [1.807, 2.05) is 38.1 Å². The minimum atomic E-state index is -0.0556. The summed E-state index contributed by atoms with van der Waals surface area (Å²) in [6.07, 6.45) is 1.79. The Morgan fingerprint density at radius 2 is 2.00 bits per heavy atom. The average Bonchev–Trinajstić information content (AvgIpc) is 2.65. The third-order valence-corrected chi connectivity index (χ3v) is 2.47. The van der Waals surface area contributed by atoms with Crippen molar-refractivity contribution in [3.8, 4) is 0 Å². The van der Waals surface area contributed by atoms with Crippen LogP contribution in [0.2, 0.25) is 5.02 Å². The standard InChI is InChI=1S/C8H7Cl.C5H11NO/c1-2-7-3-5-8(9)6-4-7;1-5(2)6-3-4-7-5/h2-6H,1H2;6H,3-4H2,1-2H3. The van der Waals surface area contributed by atoms with Gasteiger partial charge in [-0.05, 0) is 31.5 Å². The molecular formula is C13H18ClNO. The number of benzene rings is 1. The van der Waals surface area contributed by atoms with Crippen molar-refractivity contribution < 1.29 is 4.74 Å². The molecule has 0 spiro atoms. The van der Waals surface area contributed by atoms with Crippen molar-refractivity contribution >= 4 is 17.7 Å². The molecule has 0 saturated carbocycles. The predicted molar refractivity (Wildman–Crippen MR) is 69.6 cm³/mol. The van der Waals surface area contributed by atoms with Crippen LogP contribution in [0.25, 0.3) is 6.08 Å². The molecule has 0 radical (unpaired) electrons. The summed E-state index contributed by atoms with van der Waals surface area (Å²) in [7, 11) is 0. The first kappa shape index (κ1) is 13.2. The molecule has 0 aliphatic carbocycles. The second-order valence-corrected chi connectivity index (χ2v) is 4.48. The van der Waals surface area contributed by atoms with E-state index in [1.54, 1.807) is 6.08 Å². The molecule has 1 heterocycles. The summed E-state index contributed by atoms with van der Waals surface area (Å²) in [5, 5.41) is 3.94. The van der Waals surface area contributed by atoms with Crippen LogP contribution < -0.4 is 5.32 Å². The molecule has 1 aromatic rings. The van der Waals surface area contributed by atoms with Crippen LogP contribution in [0.3, 0.4) is 0 Å². The number of rotatable bonds is 1. The Balaban J connectivity index is 0.000000165. The van der Waals surface area contributed by atoms with Gasteiger partial charge in [0.25, 0.3) is 0 Å². The molecule has 88 valence electrons. The maximum Gasteiger partial charge on any atom is 0.113 e. The van der Waals surface area contributed by atoms with Gasteiger partial charge in [0.2, 0.25) is 0 Å². The van der Waals surface area contributed by atoms with Crippen molar-refractivity contribution in [1.82, 2.24) is 5.32 Å². The van der Waals surface area contributed by atoms with Crippen molar-refractivity contribution in [3.05, 3.63) is 41.4 Å². The molecule has 0 aromatic heterocycles. The van der Waals surface area contributed by atoms with Crippen molar-refractivity contribution in [1.29, 1.82) is 0 Å². The lowest BCUT2D eigenvalue weighted by atomic mass is 10.2. The first-order valence-corrected chi connectivity index (χ1v) is 5.68. The van der Waals surface area contributed by atoms with Crippen LogP contribution in [-0.4, -0.2) is 18.9 Å². The Kier molecular flexibility index (Phi) is 5.00. The molecule has 1 aromatic carbocycles. The second kappa shape index (κ2) is 6.04. The summed E-state index contributed by atoms with van der Waals surface area (Å²) >= 11 is 5.63. The Morgan fingerprint density at radius 3 is 2.31 bits per heavy atom. The van der Waals surface area contributed by atoms with E-state index in [0.717, 1.165) is 23.7 Å². The van der Waals surface area contributed by atoms with Gasteiger partial charge < -0.3 is 4.74 Å². The molecule has 1 aliphatic rings. The van der Waals surface area contributed by atoms with Gasteiger partial charge in [-0.25, -0.2) is 0 Å². The number of hydrogen-bond acceptors (Lipinski definition) is 2. The Morgan fingerprint density at radius 1 is 1.38 bits per heavy atom. The Bertz CT molecular complexity index is 324. The van der Waals surface area contributed by atoms with Crippen LogP contribution in [0.4, 0.5) is 0 Å². The highest BCUT2D eigenvalue weighted by Crippen LogP contribution is 2.09. The number of hydrogen-bond donors (Lipinski definition) is 1. The van der Waals surface area contributed by atoms with E-state index in [-0.39, 0.29) is 5.72 Å². The number of nitrogens with one attached hydrogen (secondary N) is 1. The summed E-state index contributed by atoms with van der Waals surface area (Å²) in [5.41, 5.74) is 1.04. The minimum Gasteiger partial charge on any atom is -0.360 e.